The molecule has 0 fully saturated rings. The van der Waals surface area contributed by atoms with Crippen molar-refractivity contribution in [1.29, 1.82) is 0 Å². The molecule has 0 bridgehead atoms. The highest BCUT2D eigenvalue weighted by atomic mass is 79.9. The van der Waals surface area contributed by atoms with Crippen LogP contribution in [0.1, 0.15) is 0 Å². The quantitative estimate of drug-likeness (QED) is 0.846. The lowest BCUT2D eigenvalue weighted by Crippen LogP contribution is -1.91. The van der Waals surface area contributed by atoms with Crippen LogP contribution in [0.3, 0.4) is 0 Å². The van der Waals surface area contributed by atoms with Crippen LogP contribution in [0.2, 0.25) is 0 Å². The standard InChI is InChI=1S/C12H9BrFNO/c13-8-5-9(14)7-10(6-8)16-12-4-2-1-3-11(12)15/h1-7H,15H2. The number of nitrogens with two attached hydrogens (primary N) is 1. The number of hydrogen-bond donors (Lipinski definition) is 1. The van der Waals surface area contributed by atoms with Crippen molar-refractivity contribution >= 4 is 21.6 Å². The van der Waals surface area contributed by atoms with E-state index >= 15 is 0 Å². The monoisotopic (exact) mass is 281 g/mol. The largest absolute Gasteiger partial charge is 0.455 e. The first-order valence-electron chi connectivity index (χ1n) is 4.63. The first-order chi connectivity index (χ1) is 7.65. The predicted molar refractivity (Wildman–Crippen MR) is 65.0 cm³/mol. The van der Waals surface area contributed by atoms with Gasteiger partial charge >= 0.3 is 0 Å². The van der Waals surface area contributed by atoms with Crippen LogP contribution in [0.5, 0.6) is 11.5 Å². The van der Waals surface area contributed by atoms with Crippen molar-refractivity contribution < 1.29 is 9.13 Å². The molecule has 0 saturated heterocycles. The molecule has 2 nitrogen and oxygen atoms in total. The summed E-state index contributed by atoms with van der Waals surface area (Å²) in [4.78, 5) is 0. The Morgan fingerprint density at radius 2 is 1.88 bits per heavy atom. The fraction of sp³-hybridized carbons (Fsp3) is 0. The van der Waals surface area contributed by atoms with E-state index in [1.54, 1.807) is 24.3 Å². The minimum absolute atomic E-state index is 0.362. The van der Waals surface area contributed by atoms with Crippen LogP contribution in [-0.4, -0.2) is 0 Å². The number of para-hydroxylation sites is 2. The lowest BCUT2D eigenvalue weighted by molar-refractivity contribution is 0.478. The number of halogens is 2. The molecule has 0 atom stereocenters. The Morgan fingerprint density at radius 3 is 2.56 bits per heavy atom. The fourth-order valence-corrected chi connectivity index (χ4v) is 1.73. The lowest BCUT2D eigenvalue weighted by Gasteiger charge is -2.08. The molecule has 2 aromatic rings. The van der Waals surface area contributed by atoms with Gasteiger partial charge < -0.3 is 10.5 Å². The third-order valence-corrected chi connectivity index (χ3v) is 2.44. The zero-order valence-electron chi connectivity index (χ0n) is 8.28. The number of rotatable bonds is 2. The number of ether oxygens (including phenoxy) is 1. The highest BCUT2D eigenvalue weighted by Gasteiger charge is 2.03. The SMILES string of the molecule is Nc1ccccc1Oc1cc(F)cc(Br)c1. The summed E-state index contributed by atoms with van der Waals surface area (Å²) < 4.78 is 19.2. The van der Waals surface area contributed by atoms with E-state index in [4.69, 9.17) is 10.5 Å². The van der Waals surface area contributed by atoms with E-state index in [2.05, 4.69) is 15.9 Å². The molecule has 0 aliphatic heterocycles. The number of hydrogen-bond acceptors (Lipinski definition) is 2. The van der Waals surface area contributed by atoms with Gasteiger partial charge in [0, 0.05) is 10.5 Å². The smallest absolute Gasteiger partial charge is 0.150 e. The van der Waals surface area contributed by atoms with Gasteiger partial charge in [-0.15, -0.1) is 0 Å². The topological polar surface area (TPSA) is 35.2 Å². The number of nitrogen functional groups attached to an aromatic ring is 1. The number of anilines is 1. The summed E-state index contributed by atoms with van der Waals surface area (Å²) in [5, 5.41) is 0. The van der Waals surface area contributed by atoms with E-state index in [1.807, 2.05) is 6.07 Å². The first-order valence-corrected chi connectivity index (χ1v) is 5.43. The molecule has 0 heterocycles. The van der Waals surface area contributed by atoms with Gasteiger partial charge in [-0.1, -0.05) is 28.1 Å². The molecule has 2 aromatic carbocycles. The third kappa shape index (κ3) is 2.52. The van der Waals surface area contributed by atoms with Gasteiger partial charge in [-0.25, -0.2) is 4.39 Å². The minimum Gasteiger partial charge on any atom is -0.455 e. The molecule has 0 aliphatic carbocycles. The van der Waals surface area contributed by atoms with Gasteiger partial charge in [0.15, 0.2) is 0 Å². The molecule has 4 heteroatoms. The predicted octanol–water partition coefficient (Wildman–Crippen LogP) is 3.96. The van der Waals surface area contributed by atoms with Crippen molar-refractivity contribution in [3.05, 3.63) is 52.8 Å². The normalized spacial score (nSPS) is 10.1. The average Bonchev–Trinajstić information content (AvgIpc) is 2.20. The van der Waals surface area contributed by atoms with Crippen LogP contribution in [0.4, 0.5) is 10.1 Å². The summed E-state index contributed by atoms with van der Waals surface area (Å²) in [5.74, 6) is 0.559. The van der Waals surface area contributed by atoms with Crippen molar-refractivity contribution in [3.63, 3.8) is 0 Å². The van der Waals surface area contributed by atoms with Crippen LogP contribution >= 0.6 is 15.9 Å². The molecule has 0 aliphatic rings. The highest BCUT2D eigenvalue weighted by Crippen LogP contribution is 2.29. The Morgan fingerprint density at radius 1 is 1.12 bits per heavy atom. The summed E-state index contributed by atoms with van der Waals surface area (Å²) >= 11 is 3.19. The molecule has 0 spiro atoms. The maximum atomic E-state index is 13.1. The van der Waals surface area contributed by atoms with Crippen LogP contribution in [0.15, 0.2) is 46.9 Å². The van der Waals surface area contributed by atoms with Gasteiger partial charge in [-0.3, -0.25) is 0 Å². The molecule has 0 radical (unpaired) electrons. The van der Waals surface area contributed by atoms with Gasteiger partial charge in [0.2, 0.25) is 0 Å². The molecular formula is C12H9BrFNO. The molecule has 2 N–H and O–H groups in total. The Bertz CT molecular complexity index is 496. The Labute approximate surface area is 101 Å². The van der Waals surface area contributed by atoms with Crippen molar-refractivity contribution in [3.8, 4) is 11.5 Å². The van der Waals surface area contributed by atoms with Crippen molar-refractivity contribution in [1.82, 2.24) is 0 Å². The van der Waals surface area contributed by atoms with E-state index in [-0.39, 0.29) is 5.82 Å². The van der Waals surface area contributed by atoms with Gasteiger partial charge in [-0.2, -0.15) is 0 Å². The van der Waals surface area contributed by atoms with E-state index in [1.165, 1.54) is 12.1 Å². The summed E-state index contributed by atoms with van der Waals surface area (Å²) in [6, 6.07) is 11.4. The third-order valence-electron chi connectivity index (χ3n) is 1.98. The zero-order chi connectivity index (χ0) is 11.5. The van der Waals surface area contributed by atoms with Gasteiger partial charge in [0.1, 0.15) is 17.3 Å². The van der Waals surface area contributed by atoms with E-state index < -0.39 is 0 Å². The van der Waals surface area contributed by atoms with Crippen molar-refractivity contribution in [2.45, 2.75) is 0 Å². The Balaban J connectivity index is 2.30. The zero-order valence-corrected chi connectivity index (χ0v) is 9.87. The van der Waals surface area contributed by atoms with Crippen molar-refractivity contribution in [2.24, 2.45) is 0 Å². The van der Waals surface area contributed by atoms with Gasteiger partial charge in [-0.05, 0) is 24.3 Å². The molecule has 16 heavy (non-hydrogen) atoms. The summed E-state index contributed by atoms with van der Waals surface area (Å²) in [7, 11) is 0. The molecule has 0 aromatic heterocycles. The van der Waals surface area contributed by atoms with E-state index in [9.17, 15) is 4.39 Å². The second-order valence-electron chi connectivity index (χ2n) is 3.25. The maximum Gasteiger partial charge on any atom is 0.150 e. The average molecular weight is 282 g/mol. The maximum absolute atomic E-state index is 13.1. The second kappa shape index (κ2) is 4.53. The van der Waals surface area contributed by atoms with Crippen LogP contribution in [-0.2, 0) is 0 Å². The molecule has 82 valence electrons. The summed E-state index contributed by atoms with van der Waals surface area (Å²) in [6.45, 7) is 0. The first kappa shape index (κ1) is 11.0. The molecule has 0 unspecified atom stereocenters. The molecule has 2 rings (SSSR count). The van der Waals surface area contributed by atoms with Crippen LogP contribution in [0, 0.1) is 5.82 Å². The number of benzene rings is 2. The summed E-state index contributed by atoms with van der Waals surface area (Å²) in [6.07, 6.45) is 0. The Hall–Kier alpha value is -1.55. The fourth-order valence-electron chi connectivity index (χ4n) is 1.29. The minimum atomic E-state index is -0.362. The van der Waals surface area contributed by atoms with Crippen LogP contribution < -0.4 is 10.5 Å². The van der Waals surface area contributed by atoms with E-state index in [0.717, 1.165) is 0 Å². The van der Waals surface area contributed by atoms with Crippen LogP contribution in [0.25, 0.3) is 0 Å². The molecular weight excluding hydrogens is 273 g/mol. The van der Waals surface area contributed by atoms with Gasteiger partial charge in [0.05, 0.1) is 5.69 Å². The molecule has 0 saturated carbocycles. The van der Waals surface area contributed by atoms with Gasteiger partial charge in [0.25, 0.3) is 0 Å². The lowest BCUT2D eigenvalue weighted by atomic mass is 10.3. The molecule has 0 amide bonds. The highest BCUT2D eigenvalue weighted by molar-refractivity contribution is 9.10. The second-order valence-corrected chi connectivity index (χ2v) is 4.16. The van der Waals surface area contributed by atoms with E-state index in [0.29, 0.717) is 21.7 Å². The summed E-state index contributed by atoms with van der Waals surface area (Å²) in [5.41, 5.74) is 6.23. The Kier molecular flexibility index (Phi) is 3.10. The van der Waals surface area contributed by atoms with Crippen molar-refractivity contribution in [2.75, 3.05) is 5.73 Å².